The predicted molar refractivity (Wildman–Crippen MR) is 103 cm³/mol. The van der Waals surface area contributed by atoms with E-state index in [0.717, 1.165) is 28.1 Å². The van der Waals surface area contributed by atoms with Gasteiger partial charge in [0, 0.05) is 15.8 Å². The first-order valence-corrected chi connectivity index (χ1v) is 10.3. The van der Waals surface area contributed by atoms with Crippen LogP contribution < -0.4 is 0 Å². The summed E-state index contributed by atoms with van der Waals surface area (Å²) in [5.41, 5.74) is 1.72. The second-order valence-corrected chi connectivity index (χ2v) is 8.67. The summed E-state index contributed by atoms with van der Waals surface area (Å²) in [6.07, 6.45) is 4.86. The molecule has 1 aromatic carbocycles. The molecule has 0 saturated carbocycles. The number of aromatic hydroxyl groups is 2. The minimum absolute atomic E-state index is 0.116. The number of Topliss-reactive ketones (excluding diaryl/α,β-unsaturated/α-hetero) is 1. The molecule has 1 aliphatic rings. The van der Waals surface area contributed by atoms with Crippen LogP contribution in [0.3, 0.4) is 0 Å². The molecular formula is C19H18N2O3S2. The van der Waals surface area contributed by atoms with Crippen LogP contribution in [0.15, 0.2) is 29.6 Å². The fraction of sp³-hybridized carbons (Fsp3) is 0.316. The van der Waals surface area contributed by atoms with Crippen molar-refractivity contribution in [3.8, 4) is 11.5 Å². The summed E-state index contributed by atoms with van der Waals surface area (Å²) in [6.45, 7) is 2.28. The Morgan fingerprint density at radius 1 is 1.31 bits per heavy atom. The van der Waals surface area contributed by atoms with Crippen molar-refractivity contribution in [3.63, 3.8) is 0 Å². The van der Waals surface area contributed by atoms with Crippen molar-refractivity contribution in [1.29, 1.82) is 0 Å². The lowest BCUT2D eigenvalue weighted by Crippen LogP contribution is -2.09. The predicted octanol–water partition coefficient (Wildman–Crippen LogP) is 4.20. The molecule has 5 nitrogen and oxygen atoms in total. The second-order valence-electron chi connectivity index (χ2n) is 6.63. The normalized spacial score (nSPS) is 16.6. The van der Waals surface area contributed by atoms with Gasteiger partial charge in [-0.15, -0.1) is 11.3 Å². The molecule has 2 N–H and O–H groups in total. The van der Waals surface area contributed by atoms with Crippen molar-refractivity contribution in [2.24, 2.45) is 5.92 Å². The minimum Gasteiger partial charge on any atom is -0.504 e. The molecule has 0 saturated heterocycles. The van der Waals surface area contributed by atoms with Crippen molar-refractivity contribution in [2.75, 3.05) is 5.75 Å². The molecule has 1 aliphatic carbocycles. The van der Waals surface area contributed by atoms with Crippen LogP contribution in [0.25, 0.3) is 10.2 Å². The Labute approximate surface area is 159 Å². The molecular weight excluding hydrogens is 368 g/mol. The van der Waals surface area contributed by atoms with Crippen LogP contribution >= 0.6 is 23.1 Å². The number of carbonyl (C=O) groups is 1. The zero-order valence-corrected chi connectivity index (χ0v) is 15.9. The molecule has 0 amide bonds. The average molecular weight is 386 g/mol. The van der Waals surface area contributed by atoms with E-state index in [9.17, 15) is 15.0 Å². The lowest BCUT2D eigenvalue weighted by Gasteiger charge is -2.18. The highest BCUT2D eigenvalue weighted by Gasteiger charge is 2.23. The maximum atomic E-state index is 12.4. The molecule has 0 spiro atoms. The van der Waals surface area contributed by atoms with Crippen LogP contribution in [0.1, 0.15) is 34.1 Å². The molecule has 0 fully saturated rings. The summed E-state index contributed by atoms with van der Waals surface area (Å²) in [6, 6.07) is 4.13. The first-order chi connectivity index (χ1) is 12.5. The molecule has 7 heteroatoms. The highest BCUT2D eigenvalue weighted by atomic mass is 32.2. The average Bonchev–Trinajstić information content (AvgIpc) is 2.99. The van der Waals surface area contributed by atoms with Gasteiger partial charge in [-0.2, -0.15) is 0 Å². The van der Waals surface area contributed by atoms with Gasteiger partial charge in [0.1, 0.15) is 16.2 Å². The summed E-state index contributed by atoms with van der Waals surface area (Å²) in [5.74, 6) is 0.285. The van der Waals surface area contributed by atoms with E-state index in [1.807, 2.05) is 0 Å². The van der Waals surface area contributed by atoms with Gasteiger partial charge < -0.3 is 10.2 Å². The molecule has 0 radical (unpaired) electrons. The van der Waals surface area contributed by atoms with Gasteiger partial charge in [0.15, 0.2) is 17.3 Å². The summed E-state index contributed by atoms with van der Waals surface area (Å²) < 4.78 is 0. The van der Waals surface area contributed by atoms with Gasteiger partial charge in [0.25, 0.3) is 0 Å². The lowest BCUT2D eigenvalue weighted by molar-refractivity contribution is 0.102. The van der Waals surface area contributed by atoms with Crippen molar-refractivity contribution < 1.29 is 15.0 Å². The van der Waals surface area contributed by atoms with Gasteiger partial charge in [-0.1, -0.05) is 18.7 Å². The van der Waals surface area contributed by atoms with Crippen LogP contribution in [-0.2, 0) is 12.8 Å². The number of carbonyl (C=O) groups excluding carboxylic acids is 1. The number of aromatic nitrogens is 2. The molecule has 0 bridgehead atoms. The van der Waals surface area contributed by atoms with Crippen molar-refractivity contribution in [3.05, 3.63) is 40.5 Å². The van der Waals surface area contributed by atoms with E-state index in [1.165, 1.54) is 46.8 Å². The fourth-order valence-electron chi connectivity index (χ4n) is 3.27. The zero-order chi connectivity index (χ0) is 18.3. The van der Waals surface area contributed by atoms with E-state index in [0.29, 0.717) is 11.5 Å². The molecule has 4 rings (SSSR count). The smallest absolute Gasteiger partial charge is 0.173 e. The van der Waals surface area contributed by atoms with E-state index >= 15 is 0 Å². The Hall–Kier alpha value is -2.12. The first kappa shape index (κ1) is 17.3. The number of ketones is 1. The van der Waals surface area contributed by atoms with Gasteiger partial charge in [0.2, 0.25) is 0 Å². The maximum absolute atomic E-state index is 12.4. The monoisotopic (exact) mass is 386 g/mol. The molecule has 0 unspecified atom stereocenters. The number of phenols is 2. The number of thioether (sulfide) groups is 1. The molecule has 1 atom stereocenters. The fourth-order valence-corrected chi connectivity index (χ4v) is 5.61. The molecule has 3 aromatic rings. The van der Waals surface area contributed by atoms with Crippen LogP contribution in [0.2, 0.25) is 0 Å². The number of aryl methyl sites for hydroxylation is 1. The number of benzene rings is 1. The minimum atomic E-state index is -0.286. The molecule has 26 heavy (non-hydrogen) atoms. The van der Waals surface area contributed by atoms with Gasteiger partial charge in [0.05, 0.1) is 5.75 Å². The third-order valence-electron chi connectivity index (χ3n) is 4.69. The number of thiophene rings is 1. The Morgan fingerprint density at radius 3 is 2.96 bits per heavy atom. The number of hydrogen-bond acceptors (Lipinski definition) is 7. The standard InChI is InChI=1S/C19H18N2O3S2/c1-10-2-4-12-16(6-10)26-19-17(12)18(20-9-21-19)25-8-15(24)11-3-5-13(22)14(23)7-11/h3,5,7,9-10,22-23H,2,4,6,8H2,1H3/t10-/m1/s1. The Morgan fingerprint density at radius 2 is 2.15 bits per heavy atom. The van der Waals surface area contributed by atoms with E-state index in [4.69, 9.17) is 0 Å². The number of phenolic OH excluding ortho intramolecular Hbond substituents is 2. The van der Waals surface area contributed by atoms with Crippen LogP contribution in [0, 0.1) is 5.92 Å². The lowest BCUT2D eigenvalue weighted by atomic mass is 9.89. The SMILES string of the molecule is C[C@@H]1CCc2c(sc3ncnc(SCC(=O)c4ccc(O)c(O)c4)c23)C1. The van der Waals surface area contributed by atoms with Gasteiger partial charge in [-0.25, -0.2) is 9.97 Å². The summed E-state index contributed by atoms with van der Waals surface area (Å²) in [5, 5.41) is 20.9. The second kappa shape index (κ2) is 6.89. The molecule has 0 aliphatic heterocycles. The Balaban J connectivity index is 1.59. The van der Waals surface area contributed by atoms with Crippen molar-refractivity contribution in [2.45, 2.75) is 31.2 Å². The van der Waals surface area contributed by atoms with Crippen LogP contribution in [0.4, 0.5) is 0 Å². The third-order valence-corrected chi connectivity index (χ3v) is 6.85. The Bertz CT molecular complexity index is 1000. The summed E-state index contributed by atoms with van der Waals surface area (Å²) in [4.78, 5) is 23.7. The molecule has 2 aromatic heterocycles. The highest BCUT2D eigenvalue weighted by molar-refractivity contribution is 8.00. The van der Waals surface area contributed by atoms with Crippen molar-refractivity contribution in [1.82, 2.24) is 9.97 Å². The maximum Gasteiger partial charge on any atom is 0.173 e. The van der Waals surface area contributed by atoms with E-state index in [1.54, 1.807) is 17.7 Å². The zero-order valence-electron chi connectivity index (χ0n) is 14.2. The molecule has 2 heterocycles. The summed E-state index contributed by atoms with van der Waals surface area (Å²) >= 11 is 3.14. The van der Waals surface area contributed by atoms with Gasteiger partial charge in [-0.3, -0.25) is 4.79 Å². The van der Waals surface area contributed by atoms with E-state index in [-0.39, 0.29) is 23.0 Å². The van der Waals surface area contributed by atoms with Crippen molar-refractivity contribution >= 4 is 39.1 Å². The summed E-state index contributed by atoms with van der Waals surface area (Å²) in [7, 11) is 0. The Kier molecular flexibility index (Phi) is 4.58. The largest absolute Gasteiger partial charge is 0.504 e. The van der Waals surface area contributed by atoms with E-state index < -0.39 is 0 Å². The third kappa shape index (κ3) is 3.17. The van der Waals surface area contributed by atoms with Crippen LogP contribution in [0.5, 0.6) is 11.5 Å². The first-order valence-electron chi connectivity index (χ1n) is 8.46. The number of rotatable bonds is 4. The number of nitrogens with zero attached hydrogens (tertiary/aromatic N) is 2. The highest BCUT2D eigenvalue weighted by Crippen LogP contribution is 2.40. The number of fused-ring (bicyclic) bond motifs is 3. The van der Waals surface area contributed by atoms with Gasteiger partial charge >= 0.3 is 0 Å². The number of hydrogen-bond donors (Lipinski definition) is 2. The molecule has 134 valence electrons. The van der Waals surface area contributed by atoms with E-state index in [2.05, 4.69) is 16.9 Å². The topological polar surface area (TPSA) is 83.3 Å². The quantitative estimate of drug-likeness (QED) is 0.303. The van der Waals surface area contributed by atoms with Crippen LogP contribution in [-0.4, -0.2) is 31.7 Å². The van der Waals surface area contributed by atoms with Gasteiger partial charge in [-0.05, 0) is 48.9 Å².